The molecule has 0 bridgehead atoms. The Hall–Kier alpha value is -1.06. The highest BCUT2D eigenvalue weighted by molar-refractivity contribution is 5.38. The van der Waals surface area contributed by atoms with E-state index in [0.717, 1.165) is 38.3 Å². The van der Waals surface area contributed by atoms with Crippen LogP contribution in [0.25, 0.3) is 0 Å². The quantitative estimate of drug-likeness (QED) is 0.660. The molecule has 0 heterocycles. The molecule has 114 valence electrons. The molecule has 0 saturated carbocycles. The van der Waals surface area contributed by atoms with Crippen molar-refractivity contribution in [2.24, 2.45) is 0 Å². The van der Waals surface area contributed by atoms with Crippen molar-refractivity contribution in [1.82, 2.24) is 5.32 Å². The first-order valence-corrected chi connectivity index (χ1v) is 7.73. The predicted molar refractivity (Wildman–Crippen MR) is 84.5 cm³/mol. The monoisotopic (exact) mass is 279 g/mol. The molecule has 0 amide bonds. The number of benzene rings is 1. The van der Waals surface area contributed by atoms with Crippen LogP contribution in [-0.4, -0.2) is 26.4 Å². The molecule has 1 atom stereocenters. The molecule has 0 aromatic heterocycles. The zero-order valence-corrected chi connectivity index (χ0v) is 13.4. The van der Waals surface area contributed by atoms with E-state index in [1.165, 1.54) is 11.1 Å². The van der Waals surface area contributed by atoms with Crippen LogP contribution in [-0.2, 0) is 4.74 Å². The fourth-order valence-corrected chi connectivity index (χ4v) is 2.10. The molecule has 3 nitrogen and oxygen atoms in total. The summed E-state index contributed by atoms with van der Waals surface area (Å²) in [4.78, 5) is 0. The maximum absolute atomic E-state index is 5.92. The fourth-order valence-electron chi connectivity index (χ4n) is 2.10. The summed E-state index contributed by atoms with van der Waals surface area (Å²) in [6, 6.07) is 6.71. The third kappa shape index (κ3) is 5.93. The van der Waals surface area contributed by atoms with Gasteiger partial charge in [0.05, 0.1) is 6.61 Å². The van der Waals surface area contributed by atoms with E-state index < -0.39 is 0 Å². The second kappa shape index (κ2) is 9.78. The first kappa shape index (κ1) is 17.0. The molecule has 1 rings (SSSR count). The van der Waals surface area contributed by atoms with Gasteiger partial charge in [-0.2, -0.15) is 0 Å². The highest BCUT2D eigenvalue weighted by atomic mass is 16.5. The molecule has 3 heteroatoms. The third-order valence-electron chi connectivity index (χ3n) is 3.23. The Balaban J connectivity index is 2.59. The molecule has 0 radical (unpaired) electrons. The predicted octanol–water partition coefficient (Wildman–Crippen LogP) is 3.86. The molecule has 1 aromatic carbocycles. The number of nitrogens with one attached hydrogen (secondary N) is 1. The molecule has 20 heavy (non-hydrogen) atoms. The summed E-state index contributed by atoms with van der Waals surface area (Å²) in [7, 11) is 0. The van der Waals surface area contributed by atoms with Gasteiger partial charge in [-0.15, -0.1) is 0 Å². The zero-order chi connectivity index (χ0) is 14.8. The Morgan fingerprint density at radius 2 is 2.00 bits per heavy atom. The topological polar surface area (TPSA) is 30.5 Å². The maximum atomic E-state index is 5.92. The highest BCUT2D eigenvalue weighted by Crippen LogP contribution is 2.26. The average molecular weight is 279 g/mol. The second-order valence-electron chi connectivity index (χ2n) is 5.12. The van der Waals surface area contributed by atoms with Crippen molar-refractivity contribution < 1.29 is 9.47 Å². The lowest BCUT2D eigenvalue weighted by atomic mass is 10.0. The van der Waals surface area contributed by atoms with E-state index in [0.29, 0.717) is 12.6 Å². The number of hydrogen-bond donors (Lipinski definition) is 1. The Morgan fingerprint density at radius 1 is 1.20 bits per heavy atom. The summed E-state index contributed by atoms with van der Waals surface area (Å²) < 4.78 is 11.2. The smallest absolute Gasteiger partial charge is 0.124 e. The van der Waals surface area contributed by atoms with Gasteiger partial charge in [0.15, 0.2) is 0 Å². The van der Waals surface area contributed by atoms with E-state index in [1.807, 2.05) is 6.92 Å². The lowest BCUT2D eigenvalue weighted by Crippen LogP contribution is -2.20. The van der Waals surface area contributed by atoms with Crippen molar-refractivity contribution in [3.05, 3.63) is 29.3 Å². The lowest BCUT2D eigenvalue weighted by molar-refractivity contribution is 0.130. The number of rotatable bonds is 10. The lowest BCUT2D eigenvalue weighted by Gasteiger charge is -2.19. The van der Waals surface area contributed by atoms with E-state index in [4.69, 9.17) is 9.47 Å². The molecule has 0 aliphatic rings. The van der Waals surface area contributed by atoms with E-state index in [-0.39, 0.29) is 0 Å². The van der Waals surface area contributed by atoms with Gasteiger partial charge in [0.25, 0.3) is 0 Å². The van der Waals surface area contributed by atoms with E-state index >= 15 is 0 Å². The van der Waals surface area contributed by atoms with Gasteiger partial charge in [-0.3, -0.25) is 0 Å². The van der Waals surface area contributed by atoms with Gasteiger partial charge >= 0.3 is 0 Å². The van der Waals surface area contributed by atoms with E-state index in [9.17, 15) is 0 Å². The Morgan fingerprint density at radius 3 is 2.70 bits per heavy atom. The number of aryl methyl sites for hydroxylation is 1. The van der Waals surface area contributed by atoms with Gasteiger partial charge in [-0.25, -0.2) is 0 Å². The number of ether oxygens (including phenoxy) is 2. The van der Waals surface area contributed by atoms with Crippen LogP contribution in [0.5, 0.6) is 5.75 Å². The van der Waals surface area contributed by atoms with Crippen LogP contribution in [0, 0.1) is 6.92 Å². The summed E-state index contributed by atoms with van der Waals surface area (Å²) in [6.45, 7) is 11.8. The maximum Gasteiger partial charge on any atom is 0.124 e. The van der Waals surface area contributed by atoms with Crippen LogP contribution in [0.1, 0.15) is 50.8 Å². The van der Waals surface area contributed by atoms with Crippen molar-refractivity contribution in [3.63, 3.8) is 0 Å². The van der Waals surface area contributed by atoms with Gasteiger partial charge < -0.3 is 14.8 Å². The number of hydrogen-bond acceptors (Lipinski definition) is 3. The van der Waals surface area contributed by atoms with Crippen LogP contribution in [0.15, 0.2) is 18.2 Å². The summed E-state index contributed by atoms with van der Waals surface area (Å²) in [5, 5.41) is 3.52. The fraction of sp³-hybridized carbons (Fsp3) is 0.647. The first-order chi connectivity index (χ1) is 9.69. The van der Waals surface area contributed by atoms with Crippen LogP contribution in [0.4, 0.5) is 0 Å². The normalized spacial score (nSPS) is 12.4. The van der Waals surface area contributed by atoms with Crippen molar-refractivity contribution in [2.75, 3.05) is 26.4 Å². The molecule has 1 aromatic rings. The van der Waals surface area contributed by atoms with Crippen LogP contribution < -0.4 is 10.1 Å². The summed E-state index contributed by atoms with van der Waals surface area (Å²) in [6.07, 6.45) is 2.07. The van der Waals surface area contributed by atoms with Crippen LogP contribution in [0.2, 0.25) is 0 Å². The van der Waals surface area contributed by atoms with Gasteiger partial charge in [-0.05, 0) is 39.8 Å². The standard InChI is InChI=1S/C17H29NO2/c1-5-10-18-15(4)16-13-14(3)8-9-17(16)20-12-7-11-19-6-2/h8-9,13,15,18H,5-7,10-12H2,1-4H3. The SMILES string of the molecule is CCCNC(C)c1cc(C)ccc1OCCCOCC. The van der Waals surface area contributed by atoms with Gasteiger partial charge in [0, 0.05) is 31.2 Å². The molecular weight excluding hydrogens is 250 g/mol. The summed E-state index contributed by atoms with van der Waals surface area (Å²) in [5.41, 5.74) is 2.52. The third-order valence-corrected chi connectivity index (χ3v) is 3.23. The van der Waals surface area contributed by atoms with Crippen molar-refractivity contribution in [1.29, 1.82) is 0 Å². The van der Waals surface area contributed by atoms with Crippen molar-refractivity contribution in [2.45, 2.75) is 46.6 Å². The van der Waals surface area contributed by atoms with Crippen LogP contribution in [0.3, 0.4) is 0 Å². The minimum atomic E-state index is 0.316. The molecule has 0 spiro atoms. The van der Waals surface area contributed by atoms with Gasteiger partial charge in [-0.1, -0.05) is 24.6 Å². The molecule has 0 saturated heterocycles. The summed E-state index contributed by atoms with van der Waals surface area (Å²) >= 11 is 0. The molecule has 0 aliphatic heterocycles. The van der Waals surface area contributed by atoms with Gasteiger partial charge in [0.1, 0.15) is 5.75 Å². The molecule has 1 N–H and O–H groups in total. The molecule has 0 fully saturated rings. The largest absolute Gasteiger partial charge is 0.493 e. The van der Waals surface area contributed by atoms with Gasteiger partial charge in [0.2, 0.25) is 0 Å². The summed E-state index contributed by atoms with van der Waals surface area (Å²) in [5.74, 6) is 0.989. The highest BCUT2D eigenvalue weighted by Gasteiger charge is 2.11. The zero-order valence-electron chi connectivity index (χ0n) is 13.4. The molecule has 0 aliphatic carbocycles. The van der Waals surface area contributed by atoms with Crippen LogP contribution >= 0.6 is 0 Å². The molecular formula is C17H29NO2. The van der Waals surface area contributed by atoms with Crippen molar-refractivity contribution in [3.8, 4) is 5.75 Å². The second-order valence-corrected chi connectivity index (χ2v) is 5.12. The van der Waals surface area contributed by atoms with E-state index in [1.54, 1.807) is 0 Å². The van der Waals surface area contributed by atoms with E-state index in [2.05, 4.69) is 44.3 Å². The molecule has 1 unspecified atom stereocenters. The Bertz CT molecular complexity index is 379. The minimum absolute atomic E-state index is 0.316. The van der Waals surface area contributed by atoms with Crippen molar-refractivity contribution >= 4 is 0 Å². The first-order valence-electron chi connectivity index (χ1n) is 7.73. The average Bonchev–Trinajstić information content (AvgIpc) is 2.45. The minimum Gasteiger partial charge on any atom is -0.493 e. The Labute approximate surface area is 123 Å². The Kier molecular flexibility index (Phi) is 8.31.